The molecule has 1 aliphatic carbocycles. The van der Waals surface area contributed by atoms with Gasteiger partial charge in [-0.3, -0.25) is 4.79 Å². The minimum absolute atomic E-state index is 0.210. The van der Waals surface area contributed by atoms with Crippen LogP contribution in [0.2, 0.25) is 0 Å². The van der Waals surface area contributed by atoms with E-state index < -0.39 is 11.9 Å². The van der Waals surface area contributed by atoms with E-state index in [2.05, 4.69) is 24.5 Å². The molecule has 1 aliphatic rings. The molecule has 6 heteroatoms. The Balaban J connectivity index is 2.09. The van der Waals surface area contributed by atoms with Crippen molar-refractivity contribution in [2.75, 3.05) is 19.8 Å². The Bertz CT molecular complexity index is 342. The van der Waals surface area contributed by atoms with Crippen molar-refractivity contribution in [1.29, 1.82) is 0 Å². The number of rotatable bonds is 7. The molecule has 1 rings (SSSR count). The van der Waals surface area contributed by atoms with Crippen molar-refractivity contribution in [3.05, 3.63) is 12.2 Å². The van der Waals surface area contributed by atoms with Gasteiger partial charge in [0.15, 0.2) is 0 Å². The van der Waals surface area contributed by atoms with Crippen molar-refractivity contribution in [2.24, 2.45) is 11.8 Å². The van der Waals surface area contributed by atoms with Crippen molar-refractivity contribution >= 4 is 12.0 Å². The van der Waals surface area contributed by atoms with E-state index in [9.17, 15) is 9.59 Å². The standard InChI is InChI=1S/C13H22N2O4/c1-9(2)8-19-6-5-14-13(18)15-11-4-3-10(7-11)12(16)17/h3-4,9-11H,5-8H2,1-2H3,(H,16,17)(H2,14,15,18). The number of amides is 2. The van der Waals surface area contributed by atoms with Crippen LogP contribution in [0.1, 0.15) is 20.3 Å². The Morgan fingerprint density at radius 2 is 2.16 bits per heavy atom. The highest BCUT2D eigenvalue weighted by atomic mass is 16.5. The van der Waals surface area contributed by atoms with Crippen LogP contribution in [0.25, 0.3) is 0 Å². The van der Waals surface area contributed by atoms with Crippen LogP contribution in [-0.2, 0) is 9.53 Å². The van der Waals surface area contributed by atoms with Crippen LogP contribution >= 0.6 is 0 Å². The predicted octanol–water partition coefficient (Wildman–Crippen LogP) is 0.988. The van der Waals surface area contributed by atoms with Gasteiger partial charge in [-0.2, -0.15) is 0 Å². The quantitative estimate of drug-likeness (QED) is 0.475. The Morgan fingerprint density at radius 1 is 1.42 bits per heavy atom. The molecule has 108 valence electrons. The minimum atomic E-state index is -0.858. The molecule has 0 saturated heterocycles. The first-order valence-corrected chi connectivity index (χ1v) is 6.52. The summed E-state index contributed by atoms with van der Waals surface area (Å²) in [4.78, 5) is 22.2. The summed E-state index contributed by atoms with van der Waals surface area (Å²) in [6, 6.07) is -0.508. The van der Waals surface area contributed by atoms with Crippen LogP contribution in [0.3, 0.4) is 0 Å². The van der Waals surface area contributed by atoms with Gasteiger partial charge in [-0.25, -0.2) is 4.79 Å². The summed E-state index contributed by atoms with van der Waals surface area (Å²) in [6.45, 7) is 5.72. The third kappa shape index (κ3) is 6.24. The van der Waals surface area contributed by atoms with Crippen molar-refractivity contribution in [2.45, 2.75) is 26.3 Å². The number of urea groups is 1. The van der Waals surface area contributed by atoms with Gasteiger partial charge in [0.1, 0.15) is 0 Å². The average Bonchev–Trinajstić information content (AvgIpc) is 2.76. The molecular formula is C13H22N2O4. The lowest BCUT2D eigenvalue weighted by Gasteiger charge is -2.13. The normalized spacial score (nSPS) is 21.6. The van der Waals surface area contributed by atoms with Crippen LogP contribution in [0, 0.1) is 11.8 Å². The van der Waals surface area contributed by atoms with E-state index in [1.165, 1.54) is 0 Å². The molecule has 2 amide bonds. The molecule has 0 aromatic heterocycles. The molecule has 0 spiro atoms. The second kappa shape index (κ2) is 7.78. The lowest BCUT2D eigenvalue weighted by atomic mass is 10.1. The number of carboxylic acid groups (broad SMARTS) is 1. The first kappa shape index (κ1) is 15.5. The Kier molecular flexibility index (Phi) is 6.35. The zero-order chi connectivity index (χ0) is 14.3. The van der Waals surface area contributed by atoms with E-state index in [0.29, 0.717) is 32.1 Å². The minimum Gasteiger partial charge on any atom is -0.481 e. The fraction of sp³-hybridized carbons (Fsp3) is 0.692. The summed E-state index contributed by atoms with van der Waals surface area (Å²) in [7, 11) is 0. The second-order valence-corrected chi connectivity index (χ2v) is 5.04. The van der Waals surface area contributed by atoms with E-state index in [1.54, 1.807) is 12.2 Å². The van der Waals surface area contributed by atoms with Crippen LogP contribution in [-0.4, -0.2) is 42.9 Å². The zero-order valence-corrected chi connectivity index (χ0v) is 11.4. The van der Waals surface area contributed by atoms with Gasteiger partial charge in [0.2, 0.25) is 0 Å². The molecule has 3 N–H and O–H groups in total. The summed E-state index contributed by atoms with van der Waals surface area (Å²) in [5.74, 6) is -0.881. The molecule has 0 aromatic rings. The van der Waals surface area contributed by atoms with Gasteiger partial charge in [-0.05, 0) is 12.3 Å². The lowest BCUT2D eigenvalue weighted by molar-refractivity contribution is -0.140. The molecule has 0 aliphatic heterocycles. The maximum Gasteiger partial charge on any atom is 0.315 e. The summed E-state index contributed by atoms with van der Waals surface area (Å²) in [6.07, 6.45) is 3.74. The Labute approximate surface area is 113 Å². The molecule has 6 nitrogen and oxygen atoms in total. The number of ether oxygens (including phenoxy) is 1. The monoisotopic (exact) mass is 270 g/mol. The van der Waals surface area contributed by atoms with E-state index in [4.69, 9.17) is 9.84 Å². The largest absolute Gasteiger partial charge is 0.481 e. The van der Waals surface area contributed by atoms with Gasteiger partial charge in [0.25, 0.3) is 0 Å². The summed E-state index contributed by atoms with van der Waals surface area (Å²) in [5.41, 5.74) is 0. The van der Waals surface area contributed by atoms with Crippen LogP contribution in [0.15, 0.2) is 12.2 Å². The number of aliphatic carboxylic acids is 1. The number of carbonyl (C=O) groups excluding carboxylic acids is 1. The third-order valence-corrected chi connectivity index (χ3v) is 2.70. The topological polar surface area (TPSA) is 87.7 Å². The molecule has 2 atom stereocenters. The van der Waals surface area contributed by atoms with E-state index in [1.807, 2.05) is 0 Å². The third-order valence-electron chi connectivity index (χ3n) is 2.70. The van der Waals surface area contributed by atoms with Crippen LogP contribution in [0.4, 0.5) is 4.79 Å². The SMILES string of the molecule is CC(C)COCCNC(=O)NC1C=CC(C(=O)O)C1. The van der Waals surface area contributed by atoms with Crippen molar-refractivity contribution in [3.8, 4) is 0 Å². The van der Waals surface area contributed by atoms with Gasteiger partial charge in [-0.1, -0.05) is 26.0 Å². The molecule has 0 saturated carbocycles. The van der Waals surface area contributed by atoms with E-state index >= 15 is 0 Å². The fourth-order valence-corrected chi connectivity index (χ4v) is 1.76. The zero-order valence-electron chi connectivity index (χ0n) is 11.4. The van der Waals surface area contributed by atoms with Gasteiger partial charge in [-0.15, -0.1) is 0 Å². The smallest absolute Gasteiger partial charge is 0.315 e. The van der Waals surface area contributed by atoms with Crippen LogP contribution in [0.5, 0.6) is 0 Å². The first-order chi connectivity index (χ1) is 8.99. The molecule has 0 fully saturated rings. The summed E-state index contributed by atoms with van der Waals surface area (Å²) < 4.78 is 5.33. The highest BCUT2D eigenvalue weighted by Crippen LogP contribution is 2.17. The van der Waals surface area contributed by atoms with E-state index in [-0.39, 0.29) is 12.1 Å². The van der Waals surface area contributed by atoms with Crippen molar-refractivity contribution in [1.82, 2.24) is 10.6 Å². The van der Waals surface area contributed by atoms with Crippen molar-refractivity contribution in [3.63, 3.8) is 0 Å². The predicted molar refractivity (Wildman–Crippen MR) is 70.9 cm³/mol. The summed E-state index contributed by atoms with van der Waals surface area (Å²) in [5, 5.41) is 14.2. The molecular weight excluding hydrogens is 248 g/mol. The highest BCUT2D eigenvalue weighted by Gasteiger charge is 2.25. The maximum atomic E-state index is 11.5. The molecule has 0 bridgehead atoms. The van der Waals surface area contributed by atoms with Gasteiger partial charge >= 0.3 is 12.0 Å². The highest BCUT2D eigenvalue weighted by molar-refractivity contribution is 5.76. The van der Waals surface area contributed by atoms with Crippen molar-refractivity contribution < 1.29 is 19.4 Å². The average molecular weight is 270 g/mol. The Morgan fingerprint density at radius 3 is 2.74 bits per heavy atom. The fourth-order valence-electron chi connectivity index (χ4n) is 1.76. The molecule has 0 aromatic carbocycles. The van der Waals surface area contributed by atoms with Gasteiger partial charge < -0.3 is 20.5 Å². The lowest BCUT2D eigenvalue weighted by Crippen LogP contribution is -2.42. The molecule has 2 unspecified atom stereocenters. The van der Waals surface area contributed by atoms with E-state index in [0.717, 1.165) is 0 Å². The molecule has 0 heterocycles. The Hall–Kier alpha value is -1.56. The number of hydrogen-bond acceptors (Lipinski definition) is 3. The number of hydrogen-bond donors (Lipinski definition) is 3. The second-order valence-electron chi connectivity index (χ2n) is 5.04. The molecule has 19 heavy (non-hydrogen) atoms. The number of nitrogens with one attached hydrogen (secondary N) is 2. The number of carbonyl (C=O) groups is 2. The van der Waals surface area contributed by atoms with Gasteiger partial charge in [0, 0.05) is 13.2 Å². The first-order valence-electron chi connectivity index (χ1n) is 6.52. The maximum absolute atomic E-state index is 11.5. The number of carboxylic acids is 1. The molecule has 0 radical (unpaired) electrons. The summed E-state index contributed by atoms with van der Waals surface area (Å²) >= 11 is 0. The van der Waals surface area contributed by atoms with Gasteiger partial charge in [0.05, 0.1) is 18.6 Å². The van der Waals surface area contributed by atoms with Crippen LogP contribution < -0.4 is 10.6 Å².